The van der Waals surface area contributed by atoms with E-state index in [1.54, 1.807) is 0 Å². The molecule has 0 amide bonds. The Kier molecular flexibility index (Phi) is 7.92. The minimum absolute atomic E-state index is 0.462. The van der Waals surface area contributed by atoms with Crippen molar-refractivity contribution in [2.45, 2.75) is 65.7 Å². The molecular weight excluding hydrogens is 220 g/mol. The van der Waals surface area contributed by atoms with Crippen LogP contribution in [0.1, 0.15) is 65.7 Å². The fourth-order valence-corrected chi connectivity index (χ4v) is 3.26. The molecular formula is C16H34N2. The number of hydrogen-bond acceptors (Lipinski definition) is 2. The predicted octanol–water partition coefficient (Wildman–Crippen LogP) is 3.67. The molecule has 1 saturated heterocycles. The summed E-state index contributed by atoms with van der Waals surface area (Å²) < 4.78 is 0. The highest BCUT2D eigenvalue weighted by molar-refractivity contribution is 4.81. The maximum absolute atomic E-state index is 3.56. The smallest absolute Gasteiger partial charge is 0.00475 e. The van der Waals surface area contributed by atoms with Crippen LogP contribution in [-0.2, 0) is 0 Å². The summed E-state index contributed by atoms with van der Waals surface area (Å²) in [5.41, 5.74) is 0.462. The molecule has 108 valence electrons. The Hall–Kier alpha value is -0.0800. The highest BCUT2D eigenvalue weighted by Gasteiger charge is 2.25. The van der Waals surface area contributed by atoms with Crippen LogP contribution in [0.15, 0.2) is 0 Å². The zero-order valence-electron chi connectivity index (χ0n) is 12.9. The summed E-state index contributed by atoms with van der Waals surface area (Å²) in [7, 11) is 0. The van der Waals surface area contributed by atoms with Gasteiger partial charge in [-0.05, 0) is 44.3 Å². The molecule has 1 unspecified atom stereocenters. The summed E-state index contributed by atoms with van der Waals surface area (Å²) in [6.45, 7) is 13.2. The molecule has 0 saturated carbocycles. The van der Waals surface area contributed by atoms with E-state index < -0.39 is 0 Å². The molecule has 1 aliphatic rings. The van der Waals surface area contributed by atoms with Crippen LogP contribution in [0.4, 0.5) is 0 Å². The fraction of sp³-hybridized carbons (Fsp3) is 1.00. The molecule has 1 atom stereocenters. The minimum atomic E-state index is 0.462. The summed E-state index contributed by atoms with van der Waals surface area (Å²) in [6.07, 6.45) is 9.79. The van der Waals surface area contributed by atoms with E-state index >= 15 is 0 Å². The third-order valence-corrected chi connectivity index (χ3v) is 4.21. The molecule has 1 N–H and O–H groups in total. The normalized spacial score (nSPS) is 22.2. The van der Waals surface area contributed by atoms with Crippen molar-refractivity contribution in [1.82, 2.24) is 10.2 Å². The molecule has 2 nitrogen and oxygen atoms in total. The van der Waals surface area contributed by atoms with Crippen LogP contribution in [0.5, 0.6) is 0 Å². The van der Waals surface area contributed by atoms with Crippen LogP contribution in [0.2, 0.25) is 0 Å². The molecule has 1 rings (SSSR count). The lowest BCUT2D eigenvalue weighted by Crippen LogP contribution is -2.43. The van der Waals surface area contributed by atoms with Gasteiger partial charge in [0.2, 0.25) is 0 Å². The average Bonchev–Trinajstić information content (AvgIpc) is 2.30. The molecule has 1 heterocycles. The minimum Gasteiger partial charge on any atom is -0.316 e. The van der Waals surface area contributed by atoms with E-state index in [1.165, 1.54) is 71.1 Å². The van der Waals surface area contributed by atoms with Crippen molar-refractivity contribution in [2.24, 2.45) is 5.41 Å². The molecule has 18 heavy (non-hydrogen) atoms. The van der Waals surface area contributed by atoms with Gasteiger partial charge in [-0.3, -0.25) is 0 Å². The first-order chi connectivity index (χ1) is 8.70. The molecule has 0 aliphatic carbocycles. The third-order valence-electron chi connectivity index (χ3n) is 4.21. The molecule has 0 bridgehead atoms. The van der Waals surface area contributed by atoms with Crippen molar-refractivity contribution in [1.29, 1.82) is 0 Å². The van der Waals surface area contributed by atoms with E-state index in [1.807, 2.05) is 0 Å². The van der Waals surface area contributed by atoms with Gasteiger partial charge in [-0.2, -0.15) is 0 Å². The number of rotatable bonds is 7. The van der Waals surface area contributed by atoms with Gasteiger partial charge >= 0.3 is 0 Å². The van der Waals surface area contributed by atoms with E-state index in [-0.39, 0.29) is 0 Å². The lowest BCUT2D eigenvalue weighted by atomic mass is 9.84. The first kappa shape index (κ1) is 16.0. The van der Waals surface area contributed by atoms with Crippen LogP contribution in [0, 0.1) is 5.41 Å². The molecule has 2 heteroatoms. The van der Waals surface area contributed by atoms with Crippen molar-refractivity contribution in [3.63, 3.8) is 0 Å². The van der Waals surface area contributed by atoms with E-state index in [9.17, 15) is 0 Å². The lowest BCUT2D eigenvalue weighted by Gasteiger charge is -2.36. The number of nitrogens with zero attached hydrogens (tertiary/aromatic N) is 1. The van der Waals surface area contributed by atoms with Gasteiger partial charge < -0.3 is 10.2 Å². The maximum atomic E-state index is 3.56. The van der Waals surface area contributed by atoms with E-state index in [0.717, 1.165) is 6.54 Å². The Bertz CT molecular complexity index is 197. The monoisotopic (exact) mass is 254 g/mol. The third kappa shape index (κ3) is 6.19. The van der Waals surface area contributed by atoms with Gasteiger partial charge in [-0.15, -0.1) is 0 Å². The lowest BCUT2D eigenvalue weighted by molar-refractivity contribution is 0.140. The SMILES string of the molecule is CCCC(C)(CNCC)CN1CCCCCCC1. The largest absolute Gasteiger partial charge is 0.316 e. The van der Waals surface area contributed by atoms with Crippen LogP contribution < -0.4 is 5.32 Å². The Morgan fingerprint density at radius 1 is 1.00 bits per heavy atom. The summed E-state index contributed by atoms with van der Waals surface area (Å²) in [5, 5.41) is 3.56. The number of hydrogen-bond donors (Lipinski definition) is 1. The van der Waals surface area contributed by atoms with Gasteiger partial charge in [0.15, 0.2) is 0 Å². The highest BCUT2D eigenvalue weighted by Crippen LogP contribution is 2.25. The molecule has 0 radical (unpaired) electrons. The molecule has 0 spiro atoms. The summed E-state index contributed by atoms with van der Waals surface area (Å²) in [6, 6.07) is 0. The van der Waals surface area contributed by atoms with Crippen molar-refractivity contribution in [3.8, 4) is 0 Å². The molecule has 1 aliphatic heterocycles. The first-order valence-corrected chi connectivity index (χ1v) is 8.13. The number of likely N-dealkylation sites (tertiary alicyclic amines) is 1. The summed E-state index contributed by atoms with van der Waals surface area (Å²) in [4.78, 5) is 2.73. The Morgan fingerprint density at radius 3 is 2.17 bits per heavy atom. The van der Waals surface area contributed by atoms with Gasteiger partial charge in [-0.1, -0.05) is 46.5 Å². The molecule has 0 aromatic carbocycles. The van der Waals surface area contributed by atoms with Gasteiger partial charge in [0, 0.05) is 13.1 Å². The van der Waals surface area contributed by atoms with Gasteiger partial charge in [0.25, 0.3) is 0 Å². The Morgan fingerprint density at radius 2 is 1.61 bits per heavy atom. The Balaban J connectivity index is 2.45. The second-order valence-corrected chi connectivity index (χ2v) is 6.38. The van der Waals surface area contributed by atoms with Gasteiger partial charge in [0.1, 0.15) is 0 Å². The second-order valence-electron chi connectivity index (χ2n) is 6.38. The van der Waals surface area contributed by atoms with Gasteiger partial charge in [-0.25, -0.2) is 0 Å². The van der Waals surface area contributed by atoms with Crippen LogP contribution in [-0.4, -0.2) is 37.6 Å². The standard InChI is InChI=1S/C16H34N2/c1-4-11-16(3,14-17-5-2)15-18-12-9-7-6-8-10-13-18/h17H,4-15H2,1-3H3. The zero-order chi connectivity index (χ0) is 13.3. The van der Waals surface area contributed by atoms with Crippen molar-refractivity contribution < 1.29 is 0 Å². The summed E-state index contributed by atoms with van der Waals surface area (Å²) in [5.74, 6) is 0. The van der Waals surface area contributed by atoms with E-state index in [4.69, 9.17) is 0 Å². The van der Waals surface area contributed by atoms with Crippen LogP contribution >= 0.6 is 0 Å². The quantitative estimate of drug-likeness (QED) is 0.746. The number of nitrogens with one attached hydrogen (secondary N) is 1. The van der Waals surface area contributed by atoms with E-state index in [2.05, 4.69) is 31.0 Å². The second kappa shape index (κ2) is 8.92. The zero-order valence-corrected chi connectivity index (χ0v) is 12.9. The highest BCUT2D eigenvalue weighted by atomic mass is 15.1. The fourth-order valence-electron chi connectivity index (χ4n) is 3.26. The topological polar surface area (TPSA) is 15.3 Å². The predicted molar refractivity (Wildman–Crippen MR) is 81.1 cm³/mol. The van der Waals surface area contributed by atoms with E-state index in [0.29, 0.717) is 5.41 Å². The van der Waals surface area contributed by atoms with Crippen molar-refractivity contribution in [3.05, 3.63) is 0 Å². The molecule has 1 fully saturated rings. The maximum Gasteiger partial charge on any atom is 0.00475 e. The van der Waals surface area contributed by atoms with Crippen LogP contribution in [0.3, 0.4) is 0 Å². The first-order valence-electron chi connectivity index (χ1n) is 8.13. The Labute approximate surface area is 115 Å². The van der Waals surface area contributed by atoms with Gasteiger partial charge in [0.05, 0.1) is 0 Å². The summed E-state index contributed by atoms with van der Waals surface area (Å²) >= 11 is 0. The average molecular weight is 254 g/mol. The van der Waals surface area contributed by atoms with Crippen molar-refractivity contribution in [2.75, 3.05) is 32.7 Å². The molecule has 0 aromatic rings. The van der Waals surface area contributed by atoms with Crippen LogP contribution in [0.25, 0.3) is 0 Å². The van der Waals surface area contributed by atoms with Crippen molar-refractivity contribution >= 4 is 0 Å². The molecule has 0 aromatic heterocycles.